The molecular formula is C22H29ClN6O. The molecular weight excluding hydrogens is 400 g/mol. The van der Waals surface area contributed by atoms with Gasteiger partial charge in [0.1, 0.15) is 5.82 Å². The van der Waals surface area contributed by atoms with E-state index in [1.54, 1.807) is 6.20 Å². The first kappa shape index (κ1) is 21.9. The maximum Gasteiger partial charge on any atom is 0.251 e. The van der Waals surface area contributed by atoms with Crippen molar-refractivity contribution in [3.8, 4) is 0 Å². The van der Waals surface area contributed by atoms with Crippen molar-refractivity contribution in [3.05, 3.63) is 58.7 Å². The number of benzene rings is 1. The molecule has 1 atom stereocenters. The van der Waals surface area contributed by atoms with Crippen LogP contribution in [0.15, 0.2) is 47.6 Å². The van der Waals surface area contributed by atoms with Crippen LogP contribution in [0.3, 0.4) is 0 Å². The summed E-state index contributed by atoms with van der Waals surface area (Å²) in [6, 6.07) is 11.5. The Kier molecular flexibility index (Phi) is 7.90. The van der Waals surface area contributed by atoms with E-state index >= 15 is 0 Å². The quantitative estimate of drug-likeness (QED) is 0.466. The Bertz CT molecular complexity index is 887. The lowest BCUT2D eigenvalue weighted by Crippen LogP contribution is -2.44. The normalized spacial score (nSPS) is 16.4. The molecule has 1 aliphatic heterocycles. The van der Waals surface area contributed by atoms with Gasteiger partial charge in [-0.05, 0) is 50.1 Å². The number of pyridine rings is 1. The molecule has 30 heavy (non-hydrogen) atoms. The van der Waals surface area contributed by atoms with Gasteiger partial charge >= 0.3 is 0 Å². The van der Waals surface area contributed by atoms with Crippen molar-refractivity contribution in [3.63, 3.8) is 0 Å². The molecule has 1 aromatic carbocycles. The average molecular weight is 429 g/mol. The first-order valence-corrected chi connectivity index (χ1v) is 10.8. The van der Waals surface area contributed by atoms with Crippen LogP contribution in [0.25, 0.3) is 0 Å². The number of hydrogen-bond acceptors (Lipinski definition) is 4. The molecule has 1 saturated heterocycles. The molecule has 1 amide bonds. The van der Waals surface area contributed by atoms with E-state index in [1.165, 1.54) is 0 Å². The maximum atomic E-state index is 12.0. The fourth-order valence-electron chi connectivity index (χ4n) is 3.44. The summed E-state index contributed by atoms with van der Waals surface area (Å²) in [7, 11) is 0. The smallest absolute Gasteiger partial charge is 0.251 e. The van der Waals surface area contributed by atoms with Crippen LogP contribution in [0, 0.1) is 0 Å². The molecule has 3 rings (SSSR count). The van der Waals surface area contributed by atoms with Gasteiger partial charge in [-0.15, -0.1) is 0 Å². The van der Waals surface area contributed by atoms with E-state index in [0.29, 0.717) is 23.7 Å². The molecule has 160 valence electrons. The van der Waals surface area contributed by atoms with Crippen LogP contribution >= 0.6 is 11.6 Å². The number of aliphatic imine (C=N–C) groups is 1. The third-order valence-electron chi connectivity index (χ3n) is 4.86. The van der Waals surface area contributed by atoms with Crippen LogP contribution in [0.2, 0.25) is 5.02 Å². The van der Waals surface area contributed by atoms with Crippen LogP contribution in [-0.4, -0.2) is 49.1 Å². The summed E-state index contributed by atoms with van der Waals surface area (Å²) in [5.74, 6) is 1.53. The van der Waals surface area contributed by atoms with Crippen LogP contribution in [-0.2, 0) is 6.54 Å². The molecule has 1 fully saturated rings. The SMILES string of the molecule is CCNC(=O)c1cccc(CN=C(NCC)NC2CCN(c3ncccc3Cl)C2)c1. The minimum Gasteiger partial charge on any atom is -0.357 e. The minimum atomic E-state index is -0.0624. The van der Waals surface area contributed by atoms with E-state index in [2.05, 4.69) is 25.8 Å². The van der Waals surface area contributed by atoms with E-state index in [1.807, 2.05) is 50.2 Å². The second-order valence-corrected chi connectivity index (χ2v) is 7.55. The molecule has 8 heteroatoms. The number of rotatable bonds is 7. The Morgan fingerprint density at radius 1 is 1.23 bits per heavy atom. The Morgan fingerprint density at radius 2 is 2.07 bits per heavy atom. The van der Waals surface area contributed by atoms with Gasteiger partial charge in [-0.25, -0.2) is 9.98 Å². The summed E-state index contributed by atoms with van der Waals surface area (Å²) in [6.45, 7) is 7.53. The molecule has 3 N–H and O–H groups in total. The van der Waals surface area contributed by atoms with Gasteiger partial charge < -0.3 is 20.9 Å². The monoisotopic (exact) mass is 428 g/mol. The fourth-order valence-corrected chi connectivity index (χ4v) is 3.68. The molecule has 0 bridgehead atoms. The minimum absolute atomic E-state index is 0.0624. The second-order valence-electron chi connectivity index (χ2n) is 7.14. The molecule has 2 aromatic rings. The zero-order valence-electron chi connectivity index (χ0n) is 17.5. The summed E-state index contributed by atoms with van der Waals surface area (Å²) >= 11 is 6.29. The van der Waals surface area contributed by atoms with Gasteiger partial charge in [0, 0.05) is 44.0 Å². The number of nitrogens with zero attached hydrogens (tertiary/aromatic N) is 3. The number of anilines is 1. The molecule has 1 unspecified atom stereocenters. The van der Waals surface area contributed by atoms with Crippen molar-refractivity contribution in [1.82, 2.24) is 20.9 Å². The maximum absolute atomic E-state index is 12.0. The van der Waals surface area contributed by atoms with Crippen LogP contribution in [0.1, 0.15) is 36.2 Å². The Hall–Kier alpha value is -2.80. The Balaban J connectivity index is 1.62. The lowest BCUT2D eigenvalue weighted by molar-refractivity contribution is 0.0955. The van der Waals surface area contributed by atoms with E-state index in [-0.39, 0.29) is 11.9 Å². The van der Waals surface area contributed by atoms with Crippen molar-refractivity contribution >= 4 is 29.3 Å². The number of halogens is 1. The third kappa shape index (κ3) is 5.86. The van der Waals surface area contributed by atoms with Gasteiger partial charge in [-0.1, -0.05) is 23.7 Å². The molecule has 0 radical (unpaired) electrons. The molecule has 7 nitrogen and oxygen atoms in total. The fraction of sp³-hybridized carbons (Fsp3) is 0.409. The van der Waals surface area contributed by atoms with Crippen molar-refractivity contribution in [2.24, 2.45) is 4.99 Å². The summed E-state index contributed by atoms with van der Waals surface area (Å²) in [5, 5.41) is 10.3. The van der Waals surface area contributed by atoms with Gasteiger partial charge in [-0.2, -0.15) is 0 Å². The summed E-state index contributed by atoms with van der Waals surface area (Å²) in [4.78, 5) is 23.4. The van der Waals surface area contributed by atoms with Gasteiger partial charge in [-0.3, -0.25) is 4.79 Å². The van der Waals surface area contributed by atoms with Crippen LogP contribution in [0.5, 0.6) is 0 Å². The standard InChI is InChI=1S/C22H29ClN6O/c1-3-24-21(30)17-8-5-7-16(13-17)14-27-22(25-4-2)28-18-10-12-29(15-18)20-19(23)9-6-11-26-20/h5-9,11,13,18H,3-4,10,12,14-15H2,1-2H3,(H,24,30)(H2,25,27,28). The molecule has 1 aromatic heterocycles. The predicted octanol–water partition coefficient (Wildman–Crippen LogP) is 2.82. The van der Waals surface area contributed by atoms with Crippen LogP contribution < -0.4 is 20.9 Å². The van der Waals surface area contributed by atoms with Crippen molar-refractivity contribution in [2.45, 2.75) is 32.9 Å². The van der Waals surface area contributed by atoms with E-state index in [0.717, 1.165) is 43.4 Å². The number of amides is 1. The first-order chi connectivity index (χ1) is 14.6. The summed E-state index contributed by atoms with van der Waals surface area (Å²) in [5.41, 5.74) is 1.64. The van der Waals surface area contributed by atoms with Crippen molar-refractivity contribution in [1.29, 1.82) is 0 Å². The number of guanidine groups is 1. The van der Waals surface area contributed by atoms with E-state index in [4.69, 9.17) is 16.6 Å². The topological polar surface area (TPSA) is 81.6 Å². The zero-order valence-corrected chi connectivity index (χ0v) is 18.2. The summed E-state index contributed by atoms with van der Waals surface area (Å²) < 4.78 is 0. The number of hydrogen-bond donors (Lipinski definition) is 3. The second kappa shape index (κ2) is 10.8. The average Bonchev–Trinajstić information content (AvgIpc) is 3.21. The highest BCUT2D eigenvalue weighted by atomic mass is 35.5. The number of carbonyl (C=O) groups excluding carboxylic acids is 1. The Labute approximate surface area is 182 Å². The van der Waals surface area contributed by atoms with Crippen LogP contribution in [0.4, 0.5) is 5.82 Å². The highest BCUT2D eigenvalue weighted by Crippen LogP contribution is 2.25. The molecule has 0 spiro atoms. The Morgan fingerprint density at radius 3 is 2.83 bits per heavy atom. The van der Waals surface area contributed by atoms with Crippen molar-refractivity contribution < 1.29 is 4.79 Å². The third-order valence-corrected chi connectivity index (χ3v) is 5.15. The lowest BCUT2D eigenvalue weighted by Gasteiger charge is -2.20. The predicted molar refractivity (Wildman–Crippen MR) is 122 cm³/mol. The van der Waals surface area contributed by atoms with Gasteiger partial charge in [0.05, 0.1) is 11.6 Å². The molecule has 1 aliphatic rings. The molecule has 0 aliphatic carbocycles. The van der Waals surface area contributed by atoms with E-state index in [9.17, 15) is 4.79 Å². The highest BCUT2D eigenvalue weighted by molar-refractivity contribution is 6.32. The molecule has 2 heterocycles. The zero-order chi connectivity index (χ0) is 21.3. The van der Waals surface area contributed by atoms with Gasteiger partial charge in [0.25, 0.3) is 5.91 Å². The lowest BCUT2D eigenvalue weighted by atomic mass is 10.1. The largest absolute Gasteiger partial charge is 0.357 e. The summed E-state index contributed by atoms with van der Waals surface area (Å²) in [6.07, 6.45) is 2.74. The van der Waals surface area contributed by atoms with Crippen molar-refractivity contribution in [2.75, 3.05) is 31.1 Å². The first-order valence-electron chi connectivity index (χ1n) is 10.4. The highest BCUT2D eigenvalue weighted by Gasteiger charge is 2.25. The number of carbonyl (C=O) groups is 1. The van der Waals surface area contributed by atoms with E-state index < -0.39 is 0 Å². The molecule has 0 saturated carbocycles. The number of aromatic nitrogens is 1. The van der Waals surface area contributed by atoms with Gasteiger partial charge in [0.15, 0.2) is 5.96 Å². The van der Waals surface area contributed by atoms with Gasteiger partial charge in [0.2, 0.25) is 0 Å². The number of nitrogens with one attached hydrogen (secondary N) is 3.